The normalized spacial score (nSPS) is 10.4. The highest BCUT2D eigenvalue weighted by atomic mass is 19.3. The Balaban J connectivity index is 1.67. The average Bonchev–Trinajstić information content (AvgIpc) is 2.66. The van der Waals surface area contributed by atoms with Crippen molar-refractivity contribution < 1.29 is 32.6 Å². The summed E-state index contributed by atoms with van der Waals surface area (Å²) in [5.74, 6) is -0.678. The van der Waals surface area contributed by atoms with Crippen molar-refractivity contribution >= 4 is 17.6 Å². The monoisotopic (exact) mass is 393 g/mol. The number of benzene rings is 2. The van der Waals surface area contributed by atoms with E-state index in [0.29, 0.717) is 18.8 Å². The molecule has 0 spiro atoms. The molecule has 28 heavy (non-hydrogen) atoms. The third-order valence-electron chi connectivity index (χ3n) is 3.56. The van der Waals surface area contributed by atoms with E-state index in [1.807, 2.05) is 31.2 Å². The fourth-order valence-corrected chi connectivity index (χ4v) is 2.21. The zero-order chi connectivity index (χ0) is 20.4. The first-order chi connectivity index (χ1) is 13.4. The van der Waals surface area contributed by atoms with Gasteiger partial charge in [-0.1, -0.05) is 29.8 Å². The van der Waals surface area contributed by atoms with Gasteiger partial charge in [-0.25, -0.2) is 0 Å². The zero-order valence-electron chi connectivity index (χ0n) is 15.3. The van der Waals surface area contributed by atoms with Crippen molar-refractivity contribution in [1.82, 2.24) is 0 Å². The fraction of sp³-hybridized carbons (Fsp3) is 0.300. The van der Waals surface area contributed by atoms with E-state index in [1.165, 1.54) is 18.2 Å². The number of amides is 1. The minimum Gasteiger partial charge on any atom is -0.494 e. The second-order valence-electron chi connectivity index (χ2n) is 5.85. The van der Waals surface area contributed by atoms with E-state index >= 15 is 0 Å². The number of aryl methyl sites for hydroxylation is 1. The number of hydrogen-bond donors (Lipinski definition) is 1. The SMILES string of the molecule is Cc1ccc(OCCCC(=O)OCC(=O)Nc2ccccc2OC(F)F)cc1. The van der Waals surface area contributed by atoms with Crippen LogP contribution in [-0.4, -0.2) is 31.7 Å². The minimum atomic E-state index is -3.02. The summed E-state index contributed by atoms with van der Waals surface area (Å²) < 4.78 is 39.4. The number of alkyl halides is 2. The standard InChI is InChI=1S/C20H21F2NO5/c1-14-8-10-15(11-9-14)26-12-4-7-19(25)27-13-18(24)23-16-5-2-3-6-17(16)28-20(21)22/h2-3,5-6,8-11,20H,4,7,12-13H2,1H3,(H,23,24). The van der Waals surface area contributed by atoms with Crippen molar-refractivity contribution in [2.45, 2.75) is 26.4 Å². The number of anilines is 1. The lowest BCUT2D eigenvalue weighted by Crippen LogP contribution is -2.21. The average molecular weight is 393 g/mol. The maximum atomic E-state index is 12.4. The van der Waals surface area contributed by atoms with Crippen molar-refractivity contribution in [2.75, 3.05) is 18.5 Å². The zero-order valence-corrected chi connectivity index (χ0v) is 15.3. The Hall–Kier alpha value is -3.16. The van der Waals surface area contributed by atoms with Gasteiger partial charge in [0, 0.05) is 6.42 Å². The molecule has 0 heterocycles. The topological polar surface area (TPSA) is 73.9 Å². The van der Waals surface area contributed by atoms with E-state index in [9.17, 15) is 18.4 Å². The molecular formula is C20H21F2NO5. The van der Waals surface area contributed by atoms with Crippen LogP contribution < -0.4 is 14.8 Å². The molecule has 0 aliphatic rings. The van der Waals surface area contributed by atoms with Crippen molar-refractivity contribution in [2.24, 2.45) is 0 Å². The second-order valence-corrected chi connectivity index (χ2v) is 5.85. The summed E-state index contributed by atoms with van der Waals surface area (Å²) in [5, 5.41) is 2.37. The van der Waals surface area contributed by atoms with Gasteiger partial charge in [0.05, 0.1) is 12.3 Å². The molecule has 2 rings (SSSR count). The van der Waals surface area contributed by atoms with Crippen LogP contribution in [0.1, 0.15) is 18.4 Å². The maximum absolute atomic E-state index is 12.4. The molecular weight excluding hydrogens is 372 g/mol. The molecule has 0 aliphatic carbocycles. The van der Waals surface area contributed by atoms with Crippen molar-refractivity contribution in [3.8, 4) is 11.5 Å². The lowest BCUT2D eigenvalue weighted by molar-refractivity contribution is -0.147. The van der Waals surface area contributed by atoms with Crippen molar-refractivity contribution in [1.29, 1.82) is 0 Å². The number of halogens is 2. The fourth-order valence-electron chi connectivity index (χ4n) is 2.21. The molecule has 0 fully saturated rings. The Labute approximate surface area is 161 Å². The number of para-hydroxylation sites is 2. The maximum Gasteiger partial charge on any atom is 0.387 e. The van der Waals surface area contributed by atoms with Crippen LogP contribution in [-0.2, 0) is 14.3 Å². The van der Waals surface area contributed by atoms with Crippen molar-refractivity contribution in [3.63, 3.8) is 0 Å². The molecule has 0 aliphatic heterocycles. The highest BCUT2D eigenvalue weighted by Gasteiger charge is 2.13. The molecule has 0 saturated heterocycles. The number of carbonyl (C=O) groups excluding carboxylic acids is 2. The van der Waals surface area contributed by atoms with Gasteiger partial charge in [-0.2, -0.15) is 8.78 Å². The second kappa shape index (κ2) is 10.9. The van der Waals surface area contributed by atoms with Gasteiger partial charge < -0.3 is 19.5 Å². The first kappa shape index (κ1) is 21.1. The van der Waals surface area contributed by atoms with Crippen LogP contribution in [0.15, 0.2) is 48.5 Å². The van der Waals surface area contributed by atoms with Gasteiger partial charge in [-0.05, 0) is 37.6 Å². The number of carbonyl (C=O) groups is 2. The Morgan fingerprint density at radius 1 is 1.07 bits per heavy atom. The minimum absolute atomic E-state index is 0.0651. The molecule has 0 bridgehead atoms. The van der Waals surface area contributed by atoms with E-state index in [4.69, 9.17) is 9.47 Å². The van der Waals surface area contributed by atoms with Gasteiger partial charge in [-0.3, -0.25) is 9.59 Å². The highest BCUT2D eigenvalue weighted by Crippen LogP contribution is 2.25. The van der Waals surface area contributed by atoms with E-state index < -0.39 is 25.1 Å². The summed E-state index contributed by atoms with van der Waals surface area (Å²) in [6.07, 6.45) is 0.517. The molecule has 0 saturated carbocycles. The lowest BCUT2D eigenvalue weighted by Gasteiger charge is -2.11. The Morgan fingerprint density at radius 2 is 1.79 bits per heavy atom. The van der Waals surface area contributed by atoms with Crippen LogP contribution in [0.25, 0.3) is 0 Å². The molecule has 0 aromatic heterocycles. The van der Waals surface area contributed by atoms with Crippen LogP contribution in [0.5, 0.6) is 11.5 Å². The Kier molecular flexibility index (Phi) is 8.20. The Morgan fingerprint density at radius 3 is 2.50 bits per heavy atom. The molecule has 150 valence electrons. The summed E-state index contributed by atoms with van der Waals surface area (Å²) in [6.45, 7) is -1.23. The molecule has 0 atom stereocenters. The van der Waals surface area contributed by atoms with Crippen LogP contribution in [0.4, 0.5) is 14.5 Å². The summed E-state index contributed by atoms with van der Waals surface area (Å²) in [7, 11) is 0. The predicted molar refractivity (Wildman–Crippen MR) is 98.6 cm³/mol. The first-order valence-corrected chi connectivity index (χ1v) is 8.63. The van der Waals surface area contributed by atoms with E-state index in [-0.39, 0.29) is 17.9 Å². The van der Waals surface area contributed by atoms with Gasteiger partial charge in [0.1, 0.15) is 11.5 Å². The molecule has 6 nitrogen and oxygen atoms in total. The van der Waals surface area contributed by atoms with Gasteiger partial charge >= 0.3 is 12.6 Å². The number of esters is 1. The van der Waals surface area contributed by atoms with Gasteiger partial charge in [0.2, 0.25) is 0 Å². The quantitative estimate of drug-likeness (QED) is 0.489. The summed E-state index contributed by atoms with van der Waals surface area (Å²) in [4.78, 5) is 23.5. The number of rotatable bonds is 10. The van der Waals surface area contributed by atoms with Crippen molar-refractivity contribution in [3.05, 3.63) is 54.1 Å². The Bertz CT molecular complexity index is 780. The molecule has 1 N–H and O–H groups in total. The number of ether oxygens (including phenoxy) is 3. The van der Waals surface area contributed by atoms with Gasteiger partial charge in [0.25, 0.3) is 5.91 Å². The van der Waals surface area contributed by atoms with E-state index in [0.717, 1.165) is 5.56 Å². The number of nitrogens with one attached hydrogen (secondary N) is 1. The molecule has 2 aromatic carbocycles. The summed E-state index contributed by atoms with van der Waals surface area (Å²) in [5.41, 5.74) is 1.19. The smallest absolute Gasteiger partial charge is 0.387 e. The van der Waals surface area contributed by atoms with Crippen LogP contribution in [0.3, 0.4) is 0 Å². The third kappa shape index (κ3) is 7.61. The summed E-state index contributed by atoms with van der Waals surface area (Å²) >= 11 is 0. The first-order valence-electron chi connectivity index (χ1n) is 8.63. The van der Waals surface area contributed by atoms with Crippen LogP contribution in [0.2, 0.25) is 0 Å². The largest absolute Gasteiger partial charge is 0.494 e. The molecule has 0 unspecified atom stereocenters. The van der Waals surface area contributed by atoms with Crippen LogP contribution >= 0.6 is 0 Å². The van der Waals surface area contributed by atoms with Gasteiger partial charge in [0.15, 0.2) is 6.61 Å². The molecule has 8 heteroatoms. The third-order valence-corrected chi connectivity index (χ3v) is 3.56. The van der Waals surface area contributed by atoms with Crippen LogP contribution in [0, 0.1) is 6.92 Å². The predicted octanol–water partition coefficient (Wildman–Crippen LogP) is 3.94. The highest BCUT2D eigenvalue weighted by molar-refractivity contribution is 5.94. The van der Waals surface area contributed by atoms with E-state index in [2.05, 4.69) is 10.1 Å². The summed E-state index contributed by atoms with van der Waals surface area (Å²) in [6, 6.07) is 13.3. The van der Waals surface area contributed by atoms with Gasteiger partial charge in [-0.15, -0.1) is 0 Å². The van der Waals surface area contributed by atoms with E-state index in [1.54, 1.807) is 6.07 Å². The lowest BCUT2D eigenvalue weighted by atomic mass is 10.2. The number of hydrogen-bond acceptors (Lipinski definition) is 5. The molecule has 0 radical (unpaired) electrons. The molecule has 2 aromatic rings. The molecule has 1 amide bonds.